The van der Waals surface area contributed by atoms with Crippen LogP contribution in [0.4, 0.5) is 0 Å². The number of fused-ring (bicyclic) bond motifs is 4. The fourth-order valence-electron chi connectivity index (χ4n) is 5.08. The maximum Gasteiger partial charge on any atom is 0.222 e. The van der Waals surface area contributed by atoms with Crippen LogP contribution in [-0.4, -0.2) is 42.9 Å². The van der Waals surface area contributed by atoms with Gasteiger partial charge in [0.15, 0.2) is 5.65 Å². The molecule has 1 aliphatic rings. The lowest BCUT2D eigenvalue weighted by Gasteiger charge is -2.29. The van der Waals surface area contributed by atoms with Crippen LogP contribution >= 0.6 is 11.8 Å². The van der Waals surface area contributed by atoms with Gasteiger partial charge in [0, 0.05) is 37.2 Å². The van der Waals surface area contributed by atoms with E-state index in [0.29, 0.717) is 11.6 Å². The number of thioether (sulfide) groups is 1. The molecule has 6 nitrogen and oxygen atoms in total. The van der Waals surface area contributed by atoms with Crippen molar-refractivity contribution in [3.05, 3.63) is 95.6 Å². The molecule has 0 bridgehead atoms. The third kappa shape index (κ3) is 5.09. The molecule has 0 saturated heterocycles. The van der Waals surface area contributed by atoms with Gasteiger partial charge < -0.3 is 9.47 Å². The molecule has 0 fully saturated rings. The van der Waals surface area contributed by atoms with E-state index >= 15 is 0 Å². The second-order valence-corrected chi connectivity index (χ2v) is 10.6. The van der Waals surface area contributed by atoms with Crippen molar-refractivity contribution in [3.8, 4) is 0 Å². The Kier molecular flexibility index (Phi) is 6.86. The number of hydrogen-bond donors (Lipinski definition) is 0. The van der Waals surface area contributed by atoms with Crippen LogP contribution in [0.3, 0.4) is 0 Å². The Morgan fingerprint density at radius 2 is 1.65 bits per heavy atom. The lowest BCUT2D eigenvalue weighted by molar-refractivity contribution is -0.132. The molecule has 186 valence electrons. The Bertz CT molecular complexity index is 1550. The maximum atomic E-state index is 12.7. The molecule has 0 unspecified atom stereocenters. The van der Waals surface area contributed by atoms with Crippen molar-refractivity contribution in [2.45, 2.75) is 43.9 Å². The number of carbonyl (C=O) groups is 1. The van der Waals surface area contributed by atoms with Gasteiger partial charge in [0.25, 0.3) is 0 Å². The van der Waals surface area contributed by atoms with Crippen molar-refractivity contribution in [3.63, 3.8) is 0 Å². The van der Waals surface area contributed by atoms with Crippen LogP contribution in [0.1, 0.15) is 36.0 Å². The summed E-state index contributed by atoms with van der Waals surface area (Å²) >= 11 is 1.62. The lowest BCUT2D eigenvalue weighted by atomic mass is 9.99. The van der Waals surface area contributed by atoms with Crippen LogP contribution in [0.2, 0.25) is 0 Å². The van der Waals surface area contributed by atoms with Crippen molar-refractivity contribution in [1.29, 1.82) is 0 Å². The molecular weight excluding hydrogens is 478 g/mol. The summed E-state index contributed by atoms with van der Waals surface area (Å²) in [5.74, 6) is 1.12. The molecular formula is C30H29N5OS. The van der Waals surface area contributed by atoms with Crippen molar-refractivity contribution in [1.82, 2.24) is 24.6 Å². The molecule has 6 rings (SSSR count). The lowest BCUT2D eigenvalue weighted by Crippen LogP contribution is -2.35. The summed E-state index contributed by atoms with van der Waals surface area (Å²) < 4.78 is 2.23. The van der Waals surface area contributed by atoms with Crippen molar-refractivity contribution in [2.24, 2.45) is 0 Å². The van der Waals surface area contributed by atoms with E-state index in [1.165, 1.54) is 16.7 Å². The Balaban J connectivity index is 1.08. The standard InChI is InChI=1S/C30H29N5OS/c36-27(34-18-17-23-12-4-5-13-24(23)21-34)16-8-9-19-37-30-31-29-28(32-33-30)25-14-6-7-15-26(25)35(29)20-22-10-2-1-3-11-22/h1-7,10-15H,8-9,16-21H2. The van der Waals surface area contributed by atoms with E-state index in [0.717, 1.165) is 66.7 Å². The SMILES string of the molecule is O=C(CCCCSc1nnc2c3ccccc3n(Cc3ccccc3)c2n1)N1CCc2ccccc2C1. The summed E-state index contributed by atoms with van der Waals surface area (Å²) in [5, 5.41) is 10.7. The summed E-state index contributed by atoms with van der Waals surface area (Å²) in [7, 11) is 0. The summed E-state index contributed by atoms with van der Waals surface area (Å²) in [6.45, 7) is 2.29. The number of rotatable bonds is 8. The van der Waals surface area contributed by atoms with Gasteiger partial charge in [-0.05, 0) is 42.0 Å². The maximum absolute atomic E-state index is 12.7. The molecule has 7 heteroatoms. The number of hydrogen-bond acceptors (Lipinski definition) is 5. The van der Waals surface area contributed by atoms with E-state index in [1.54, 1.807) is 11.8 Å². The molecule has 0 saturated carbocycles. The van der Waals surface area contributed by atoms with Gasteiger partial charge >= 0.3 is 0 Å². The van der Waals surface area contributed by atoms with Crippen LogP contribution in [-0.2, 0) is 24.3 Å². The van der Waals surface area contributed by atoms with Gasteiger partial charge in [-0.1, -0.05) is 84.6 Å². The fraction of sp³-hybridized carbons (Fsp3) is 0.267. The highest BCUT2D eigenvalue weighted by molar-refractivity contribution is 7.99. The summed E-state index contributed by atoms with van der Waals surface area (Å²) in [4.78, 5) is 19.7. The predicted octanol–water partition coefficient (Wildman–Crippen LogP) is 5.88. The van der Waals surface area contributed by atoms with E-state index in [9.17, 15) is 4.79 Å². The molecule has 0 atom stereocenters. The van der Waals surface area contributed by atoms with Crippen molar-refractivity contribution < 1.29 is 4.79 Å². The number of unbranched alkanes of at least 4 members (excludes halogenated alkanes) is 1. The Labute approximate surface area is 220 Å². The molecule has 0 aliphatic carbocycles. The van der Waals surface area contributed by atoms with Crippen LogP contribution in [0, 0.1) is 0 Å². The average Bonchev–Trinajstić information content (AvgIpc) is 3.25. The van der Waals surface area contributed by atoms with E-state index in [2.05, 4.69) is 81.5 Å². The quantitative estimate of drug-likeness (QED) is 0.194. The van der Waals surface area contributed by atoms with E-state index in [1.807, 2.05) is 17.0 Å². The zero-order valence-corrected chi connectivity index (χ0v) is 21.5. The van der Waals surface area contributed by atoms with Gasteiger partial charge in [-0.15, -0.1) is 10.2 Å². The normalized spacial score (nSPS) is 13.2. The number of para-hydroxylation sites is 1. The number of nitrogens with zero attached hydrogens (tertiary/aromatic N) is 5. The average molecular weight is 508 g/mol. The first-order chi connectivity index (χ1) is 18.3. The molecule has 0 radical (unpaired) electrons. The van der Waals surface area contributed by atoms with Gasteiger partial charge in [-0.2, -0.15) is 0 Å². The van der Waals surface area contributed by atoms with Gasteiger partial charge in [-0.3, -0.25) is 4.79 Å². The third-order valence-corrected chi connectivity index (χ3v) is 7.96. The van der Waals surface area contributed by atoms with Crippen molar-refractivity contribution >= 4 is 39.7 Å². The Morgan fingerprint density at radius 3 is 2.54 bits per heavy atom. The third-order valence-electron chi connectivity index (χ3n) is 7.04. The van der Waals surface area contributed by atoms with E-state index in [4.69, 9.17) is 4.98 Å². The molecule has 5 aromatic rings. The predicted molar refractivity (Wildman–Crippen MR) is 149 cm³/mol. The van der Waals surface area contributed by atoms with Gasteiger partial charge in [0.2, 0.25) is 11.1 Å². The Hall–Kier alpha value is -3.71. The number of benzene rings is 3. The molecule has 0 N–H and O–H groups in total. The van der Waals surface area contributed by atoms with Crippen LogP contribution in [0.5, 0.6) is 0 Å². The second-order valence-electron chi connectivity index (χ2n) is 9.50. The summed E-state index contributed by atoms with van der Waals surface area (Å²) in [5.41, 5.74) is 6.69. The number of aromatic nitrogens is 4. The second kappa shape index (κ2) is 10.7. The highest BCUT2D eigenvalue weighted by atomic mass is 32.2. The topological polar surface area (TPSA) is 63.9 Å². The highest BCUT2D eigenvalue weighted by Gasteiger charge is 2.20. The first kappa shape index (κ1) is 23.7. The van der Waals surface area contributed by atoms with Gasteiger partial charge in [-0.25, -0.2) is 4.98 Å². The first-order valence-electron chi connectivity index (χ1n) is 12.9. The first-order valence-corrected chi connectivity index (χ1v) is 13.9. The zero-order valence-electron chi connectivity index (χ0n) is 20.7. The zero-order chi connectivity index (χ0) is 25.0. The minimum atomic E-state index is 0.254. The Morgan fingerprint density at radius 1 is 0.865 bits per heavy atom. The van der Waals surface area contributed by atoms with Gasteiger partial charge in [0.1, 0.15) is 5.52 Å². The number of carbonyl (C=O) groups excluding carboxylic acids is 1. The smallest absolute Gasteiger partial charge is 0.222 e. The molecule has 1 amide bonds. The number of amides is 1. The van der Waals surface area contributed by atoms with E-state index < -0.39 is 0 Å². The largest absolute Gasteiger partial charge is 0.338 e. The molecule has 37 heavy (non-hydrogen) atoms. The fourth-order valence-corrected chi connectivity index (χ4v) is 5.87. The summed E-state index contributed by atoms with van der Waals surface area (Å²) in [6, 6.07) is 27.1. The molecule has 3 heterocycles. The van der Waals surface area contributed by atoms with Crippen LogP contribution in [0.15, 0.2) is 84.0 Å². The molecule has 0 spiro atoms. The monoisotopic (exact) mass is 507 g/mol. The van der Waals surface area contributed by atoms with Crippen LogP contribution in [0.25, 0.3) is 22.1 Å². The van der Waals surface area contributed by atoms with Crippen LogP contribution < -0.4 is 0 Å². The van der Waals surface area contributed by atoms with Gasteiger partial charge in [0.05, 0.1) is 5.52 Å². The van der Waals surface area contributed by atoms with Crippen molar-refractivity contribution in [2.75, 3.05) is 12.3 Å². The molecule has 2 aromatic heterocycles. The highest BCUT2D eigenvalue weighted by Crippen LogP contribution is 2.28. The minimum Gasteiger partial charge on any atom is -0.338 e. The van der Waals surface area contributed by atoms with E-state index in [-0.39, 0.29) is 5.91 Å². The molecule has 3 aromatic carbocycles. The minimum absolute atomic E-state index is 0.254. The summed E-state index contributed by atoms with van der Waals surface area (Å²) in [6.07, 6.45) is 3.35. The molecule has 1 aliphatic heterocycles.